The minimum atomic E-state index is 0.620. The van der Waals surface area contributed by atoms with E-state index in [1.807, 2.05) is 0 Å². The van der Waals surface area contributed by atoms with E-state index >= 15 is 0 Å². The zero-order valence-corrected chi connectivity index (χ0v) is 12.2. The summed E-state index contributed by atoms with van der Waals surface area (Å²) in [4.78, 5) is 7.07. The van der Waals surface area contributed by atoms with Gasteiger partial charge in [-0.2, -0.15) is 0 Å². The van der Waals surface area contributed by atoms with Crippen molar-refractivity contribution in [3.8, 4) is 0 Å². The minimum absolute atomic E-state index is 0.620. The summed E-state index contributed by atoms with van der Waals surface area (Å²) in [6.45, 7) is 9.41. The number of aromatic nitrogens is 1. The van der Waals surface area contributed by atoms with Crippen molar-refractivity contribution in [1.29, 1.82) is 0 Å². The topological polar surface area (TPSA) is 28.2 Å². The Balaban J connectivity index is 2.55. The highest BCUT2D eigenvalue weighted by Gasteiger charge is 2.09. The first-order chi connectivity index (χ1) is 8.67. The summed E-state index contributed by atoms with van der Waals surface area (Å²) in [6, 6.07) is 6.92. The van der Waals surface area contributed by atoms with Gasteiger partial charge in [0, 0.05) is 19.1 Å². The van der Waals surface area contributed by atoms with Gasteiger partial charge in [-0.25, -0.2) is 0 Å². The van der Waals surface area contributed by atoms with Gasteiger partial charge in [0.1, 0.15) is 0 Å². The quantitative estimate of drug-likeness (QED) is 0.768. The molecule has 3 heteroatoms. The van der Waals surface area contributed by atoms with Crippen LogP contribution in [0.1, 0.15) is 45.0 Å². The molecule has 1 heterocycles. The predicted octanol–water partition coefficient (Wildman–Crippen LogP) is 2.81. The Morgan fingerprint density at radius 2 is 2.00 bits per heavy atom. The van der Waals surface area contributed by atoms with E-state index in [9.17, 15) is 0 Å². The SMILES string of the molecule is CCCC(C)N(C)Cc1cccc(CNCC)n1. The normalized spacial score (nSPS) is 12.9. The summed E-state index contributed by atoms with van der Waals surface area (Å²) < 4.78 is 0. The third-order valence-corrected chi connectivity index (χ3v) is 3.29. The molecule has 0 radical (unpaired) electrons. The van der Waals surface area contributed by atoms with Crippen molar-refractivity contribution < 1.29 is 0 Å². The van der Waals surface area contributed by atoms with Gasteiger partial charge in [0.15, 0.2) is 0 Å². The molecule has 0 saturated carbocycles. The Morgan fingerprint density at radius 1 is 1.28 bits per heavy atom. The van der Waals surface area contributed by atoms with Gasteiger partial charge < -0.3 is 5.32 Å². The van der Waals surface area contributed by atoms with Crippen LogP contribution >= 0.6 is 0 Å². The lowest BCUT2D eigenvalue weighted by Crippen LogP contribution is -2.28. The van der Waals surface area contributed by atoms with Crippen molar-refractivity contribution in [1.82, 2.24) is 15.2 Å². The third-order valence-electron chi connectivity index (χ3n) is 3.29. The summed E-state index contributed by atoms with van der Waals surface area (Å²) in [5.41, 5.74) is 2.29. The molecule has 0 aromatic carbocycles. The van der Waals surface area contributed by atoms with E-state index in [4.69, 9.17) is 0 Å². The maximum atomic E-state index is 4.69. The fraction of sp³-hybridized carbons (Fsp3) is 0.667. The monoisotopic (exact) mass is 249 g/mol. The highest BCUT2D eigenvalue weighted by molar-refractivity contribution is 5.11. The second kappa shape index (κ2) is 8.22. The molecule has 18 heavy (non-hydrogen) atoms. The average molecular weight is 249 g/mol. The molecule has 0 saturated heterocycles. The van der Waals surface area contributed by atoms with Crippen LogP contribution < -0.4 is 5.32 Å². The molecule has 3 nitrogen and oxygen atoms in total. The van der Waals surface area contributed by atoms with E-state index in [0.717, 1.165) is 31.0 Å². The van der Waals surface area contributed by atoms with Crippen LogP contribution in [0.15, 0.2) is 18.2 Å². The first-order valence-corrected chi connectivity index (χ1v) is 7.03. The molecule has 0 amide bonds. The van der Waals surface area contributed by atoms with Crippen molar-refractivity contribution in [2.45, 2.75) is 52.7 Å². The first-order valence-electron chi connectivity index (χ1n) is 7.03. The number of nitrogens with one attached hydrogen (secondary N) is 1. The number of pyridine rings is 1. The Labute approximate surface area is 112 Å². The Kier molecular flexibility index (Phi) is 6.91. The summed E-state index contributed by atoms with van der Waals surface area (Å²) in [5, 5.41) is 3.31. The van der Waals surface area contributed by atoms with E-state index < -0.39 is 0 Å². The van der Waals surface area contributed by atoms with Crippen LogP contribution in [-0.2, 0) is 13.1 Å². The van der Waals surface area contributed by atoms with E-state index in [0.29, 0.717) is 6.04 Å². The van der Waals surface area contributed by atoms with Crippen molar-refractivity contribution in [3.63, 3.8) is 0 Å². The number of nitrogens with zero attached hydrogens (tertiary/aromatic N) is 2. The maximum Gasteiger partial charge on any atom is 0.0547 e. The average Bonchev–Trinajstić information content (AvgIpc) is 2.37. The van der Waals surface area contributed by atoms with Crippen LogP contribution in [0.3, 0.4) is 0 Å². The van der Waals surface area contributed by atoms with E-state index in [2.05, 4.69) is 61.2 Å². The molecule has 0 aliphatic rings. The molecular formula is C15H27N3. The number of hydrogen-bond acceptors (Lipinski definition) is 3. The second-order valence-corrected chi connectivity index (χ2v) is 4.95. The van der Waals surface area contributed by atoms with Crippen LogP contribution in [-0.4, -0.2) is 29.5 Å². The van der Waals surface area contributed by atoms with Crippen LogP contribution in [0.25, 0.3) is 0 Å². The van der Waals surface area contributed by atoms with Gasteiger partial charge in [0.25, 0.3) is 0 Å². The molecule has 102 valence electrons. The molecule has 0 spiro atoms. The van der Waals surface area contributed by atoms with Crippen LogP contribution in [0.5, 0.6) is 0 Å². The standard InChI is InChI=1S/C15H27N3/c1-5-8-13(3)18(4)12-15-10-7-9-14(17-15)11-16-6-2/h7,9-10,13,16H,5-6,8,11-12H2,1-4H3. The third kappa shape index (κ3) is 5.15. The molecule has 1 aromatic heterocycles. The van der Waals surface area contributed by atoms with Gasteiger partial charge in [-0.1, -0.05) is 26.3 Å². The van der Waals surface area contributed by atoms with Crippen LogP contribution in [0.2, 0.25) is 0 Å². The lowest BCUT2D eigenvalue weighted by Gasteiger charge is -2.24. The van der Waals surface area contributed by atoms with Gasteiger partial charge in [-0.3, -0.25) is 9.88 Å². The molecule has 0 bridgehead atoms. The van der Waals surface area contributed by atoms with Crippen LogP contribution in [0, 0.1) is 0 Å². The smallest absolute Gasteiger partial charge is 0.0547 e. The number of hydrogen-bond donors (Lipinski definition) is 1. The van der Waals surface area contributed by atoms with Gasteiger partial charge in [-0.05, 0) is 39.1 Å². The molecule has 1 aromatic rings. The molecule has 1 unspecified atom stereocenters. The lowest BCUT2D eigenvalue weighted by molar-refractivity contribution is 0.234. The van der Waals surface area contributed by atoms with Crippen molar-refractivity contribution in [2.75, 3.05) is 13.6 Å². The lowest BCUT2D eigenvalue weighted by atomic mass is 10.1. The fourth-order valence-electron chi connectivity index (χ4n) is 2.02. The van der Waals surface area contributed by atoms with E-state index in [1.54, 1.807) is 0 Å². The highest BCUT2D eigenvalue weighted by atomic mass is 15.1. The second-order valence-electron chi connectivity index (χ2n) is 4.95. The van der Waals surface area contributed by atoms with Crippen molar-refractivity contribution >= 4 is 0 Å². The van der Waals surface area contributed by atoms with Crippen LogP contribution in [0.4, 0.5) is 0 Å². The maximum absolute atomic E-state index is 4.69. The molecule has 0 aliphatic heterocycles. The zero-order chi connectivity index (χ0) is 13.4. The molecule has 1 atom stereocenters. The van der Waals surface area contributed by atoms with Crippen molar-refractivity contribution in [2.24, 2.45) is 0 Å². The molecule has 0 aliphatic carbocycles. The summed E-state index contributed by atoms with van der Waals surface area (Å²) in [5.74, 6) is 0. The molecule has 1 N–H and O–H groups in total. The molecule has 1 rings (SSSR count). The summed E-state index contributed by atoms with van der Waals surface area (Å²) in [6.07, 6.45) is 2.48. The molecular weight excluding hydrogens is 222 g/mol. The molecule has 0 fully saturated rings. The summed E-state index contributed by atoms with van der Waals surface area (Å²) >= 11 is 0. The Morgan fingerprint density at radius 3 is 2.67 bits per heavy atom. The first kappa shape index (κ1) is 15.1. The Hall–Kier alpha value is -0.930. The van der Waals surface area contributed by atoms with Gasteiger partial charge in [0.05, 0.1) is 11.4 Å². The minimum Gasteiger partial charge on any atom is -0.311 e. The summed E-state index contributed by atoms with van der Waals surface area (Å²) in [7, 11) is 2.18. The van der Waals surface area contributed by atoms with Gasteiger partial charge in [-0.15, -0.1) is 0 Å². The predicted molar refractivity (Wildman–Crippen MR) is 77.5 cm³/mol. The van der Waals surface area contributed by atoms with Crippen molar-refractivity contribution in [3.05, 3.63) is 29.6 Å². The van der Waals surface area contributed by atoms with Gasteiger partial charge in [0.2, 0.25) is 0 Å². The van der Waals surface area contributed by atoms with Gasteiger partial charge >= 0.3 is 0 Å². The fourth-order valence-corrected chi connectivity index (χ4v) is 2.02. The highest BCUT2D eigenvalue weighted by Crippen LogP contribution is 2.09. The van der Waals surface area contributed by atoms with E-state index in [1.165, 1.54) is 12.8 Å². The Bertz CT molecular complexity index is 338. The zero-order valence-electron chi connectivity index (χ0n) is 12.2. The largest absolute Gasteiger partial charge is 0.311 e. The van der Waals surface area contributed by atoms with E-state index in [-0.39, 0.29) is 0 Å². The number of rotatable bonds is 8.